The zero-order chi connectivity index (χ0) is 12.8. The molecule has 92 valence electrons. The van der Waals surface area contributed by atoms with Gasteiger partial charge in [0.15, 0.2) is 0 Å². The number of nitrogens with zero attached hydrogens (tertiary/aromatic N) is 1. The molecule has 0 spiro atoms. The Balaban J connectivity index is 2.80. The maximum atomic E-state index is 8.87. The number of rotatable bonds is 5. The van der Waals surface area contributed by atoms with Crippen molar-refractivity contribution in [1.82, 2.24) is 0 Å². The van der Waals surface area contributed by atoms with Gasteiger partial charge in [-0.05, 0) is 36.6 Å². The molecule has 1 rings (SSSR count). The first kappa shape index (κ1) is 13.5. The van der Waals surface area contributed by atoms with E-state index in [2.05, 4.69) is 25.2 Å². The number of nitrogens with one attached hydrogen (secondary N) is 1. The summed E-state index contributed by atoms with van der Waals surface area (Å²) in [5.74, 6) is 0.492. The molecule has 0 bridgehead atoms. The molecule has 0 saturated carbocycles. The highest BCUT2D eigenvalue weighted by Gasteiger charge is 2.13. The molecule has 3 heteroatoms. The molecule has 1 N–H and O–H groups in total. The predicted octanol–water partition coefficient (Wildman–Crippen LogP) is 2.95. The Labute approximate surface area is 103 Å². The van der Waals surface area contributed by atoms with Crippen LogP contribution in [0.5, 0.6) is 0 Å². The molecule has 1 atom stereocenters. The normalized spacial score (nSPS) is 12.2. The molecule has 0 aliphatic heterocycles. The van der Waals surface area contributed by atoms with Gasteiger partial charge in [-0.2, -0.15) is 5.26 Å². The number of nitriles is 1. The van der Waals surface area contributed by atoms with E-state index < -0.39 is 0 Å². The molecule has 1 aromatic carbocycles. The Morgan fingerprint density at radius 1 is 1.41 bits per heavy atom. The summed E-state index contributed by atoms with van der Waals surface area (Å²) >= 11 is 0. The smallest absolute Gasteiger partial charge is 0.0994 e. The zero-order valence-corrected chi connectivity index (χ0v) is 10.9. The van der Waals surface area contributed by atoms with Crippen LogP contribution in [0.4, 0.5) is 5.69 Å². The van der Waals surface area contributed by atoms with Gasteiger partial charge >= 0.3 is 0 Å². The lowest BCUT2D eigenvalue weighted by atomic mass is 10.0. The average molecular weight is 232 g/mol. The van der Waals surface area contributed by atoms with E-state index in [4.69, 9.17) is 10.00 Å². The molecule has 0 aliphatic rings. The second kappa shape index (κ2) is 6.27. The maximum absolute atomic E-state index is 8.87. The Morgan fingerprint density at radius 2 is 2.12 bits per heavy atom. The Kier molecular flexibility index (Phi) is 4.99. The van der Waals surface area contributed by atoms with E-state index in [1.54, 1.807) is 7.11 Å². The van der Waals surface area contributed by atoms with Gasteiger partial charge in [0.1, 0.15) is 0 Å². The minimum atomic E-state index is 0.285. The van der Waals surface area contributed by atoms with Crippen LogP contribution in [0.3, 0.4) is 0 Å². The number of anilines is 1. The third-order valence-corrected chi connectivity index (χ3v) is 2.85. The quantitative estimate of drug-likeness (QED) is 0.849. The first-order valence-electron chi connectivity index (χ1n) is 5.84. The van der Waals surface area contributed by atoms with Crippen molar-refractivity contribution in [3.05, 3.63) is 29.3 Å². The fraction of sp³-hybridized carbons (Fsp3) is 0.500. The van der Waals surface area contributed by atoms with E-state index in [0.29, 0.717) is 12.5 Å². The summed E-state index contributed by atoms with van der Waals surface area (Å²) in [7, 11) is 1.71. The van der Waals surface area contributed by atoms with Crippen molar-refractivity contribution in [2.24, 2.45) is 5.92 Å². The molecule has 1 aromatic rings. The van der Waals surface area contributed by atoms with Gasteiger partial charge in [-0.15, -0.1) is 0 Å². The summed E-state index contributed by atoms with van der Waals surface area (Å²) in [5.41, 5.74) is 2.76. The van der Waals surface area contributed by atoms with E-state index in [1.165, 1.54) is 0 Å². The van der Waals surface area contributed by atoms with Gasteiger partial charge < -0.3 is 10.1 Å². The highest BCUT2D eigenvalue weighted by Crippen LogP contribution is 2.17. The third kappa shape index (κ3) is 3.76. The summed E-state index contributed by atoms with van der Waals surface area (Å²) < 4.78 is 5.20. The van der Waals surface area contributed by atoms with Crippen molar-refractivity contribution >= 4 is 5.69 Å². The van der Waals surface area contributed by atoms with Crippen LogP contribution >= 0.6 is 0 Å². The Bertz CT molecular complexity index is 407. The number of benzene rings is 1. The van der Waals surface area contributed by atoms with Gasteiger partial charge in [-0.1, -0.05) is 13.8 Å². The van der Waals surface area contributed by atoms with Gasteiger partial charge in [0.2, 0.25) is 0 Å². The van der Waals surface area contributed by atoms with Crippen LogP contribution in [-0.2, 0) is 4.74 Å². The van der Waals surface area contributed by atoms with E-state index >= 15 is 0 Å². The monoisotopic (exact) mass is 232 g/mol. The lowest BCUT2D eigenvalue weighted by molar-refractivity contribution is 0.171. The van der Waals surface area contributed by atoms with Gasteiger partial charge in [0.25, 0.3) is 0 Å². The molecular weight excluding hydrogens is 212 g/mol. The fourth-order valence-electron chi connectivity index (χ4n) is 1.67. The standard InChI is InChI=1S/C14H20N2O/c1-10(2)14(9-17-4)16-13-6-5-12(8-15)11(3)7-13/h5-7,10,14,16H,9H2,1-4H3. The van der Waals surface area contributed by atoms with Gasteiger partial charge in [0.05, 0.1) is 24.3 Å². The van der Waals surface area contributed by atoms with Crippen molar-refractivity contribution in [3.63, 3.8) is 0 Å². The first-order chi connectivity index (χ1) is 8.08. The van der Waals surface area contributed by atoms with Crippen LogP contribution in [0.25, 0.3) is 0 Å². The molecule has 0 saturated heterocycles. The molecule has 0 aliphatic carbocycles. The SMILES string of the molecule is COCC(Nc1ccc(C#N)c(C)c1)C(C)C. The second-order valence-electron chi connectivity index (χ2n) is 4.59. The summed E-state index contributed by atoms with van der Waals surface area (Å²) in [6.45, 7) is 6.95. The summed E-state index contributed by atoms with van der Waals surface area (Å²) in [6, 6.07) is 8.25. The zero-order valence-electron chi connectivity index (χ0n) is 10.9. The third-order valence-electron chi connectivity index (χ3n) is 2.85. The van der Waals surface area contributed by atoms with Crippen LogP contribution in [0.2, 0.25) is 0 Å². The van der Waals surface area contributed by atoms with Crippen molar-refractivity contribution in [3.8, 4) is 6.07 Å². The van der Waals surface area contributed by atoms with E-state index in [0.717, 1.165) is 16.8 Å². The largest absolute Gasteiger partial charge is 0.383 e. The molecular formula is C14H20N2O. The van der Waals surface area contributed by atoms with Gasteiger partial charge in [-0.3, -0.25) is 0 Å². The summed E-state index contributed by atoms with van der Waals surface area (Å²) in [4.78, 5) is 0. The average Bonchev–Trinajstić information content (AvgIpc) is 2.28. The number of methoxy groups -OCH3 is 1. The molecule has 0 fully saturated rings. The molecule has 0 heterocycles. The molecule has 3 nitrogen and oxygen atoms in total. The minimum Gasteiger partial charge on any atom is -0.383 e. The lowest BCUT2D eigenvalue weighted by Crippen LogP contribution is -2.30. The second-order valence-corrected chi connectivity index (χ2v) is 4.59. The topological polar surface area (TPSA) is 45.0 Å². The van der Waals surface area contributed by atoms with Crippen LogP contribution in [0.1, 0.15) is 25.0 Å². The first-order valence-corrected chi connectivity index (χ1v) is 5.84. The number of aryl methyl sites for hydroxylation is 1. The maximum Gasteiger partial charge on any atom is 0.0994 e. The van der Waals surface area contributed by atoms with Crippen molar-refractivity contribution in [2.45, 2.75) is 26.8 Å². The van der Waals surface area contributed by atoms with Crippen LogP contribution in [-0.4, -0.2) is 19.8 Å². The lowest BCUT2D eigenvalue weighted by Gasteiger charge is -2.23. The van der Waals surface area contributed by atoms with Gasteiger partial charge in [0, 0.05) is 12.8 Å². The molecule has 1 unspecified atom stereocenters. The van der Waals surface area contributed by atoms with Crippen LogP contribution in [0.15, 0.2) is 18.2 Å². The minimum absolute atomic E-state index is 0.285. The number of ether oxygens (including phenoxy) is 1. The Hall–Kier alpha value is -1.53. The molecule has 17 heavy (non-hydrogen) atoms. The predicted molar refractivity (Wildman–Crippen MR) is 70.0 cm³/mol. The van der Waals surface area contributed by atoms with Gasteiger partial charge in [-0.25, -0.2) is 0 Å². The molecule has 0 aromatic heterocycles. The highest BCUT2D eigenvalue weighted by molar-refractivity contribution is 5.52. The van der Waals surface area contributed by atoms with E-state index in [1.807, 2.05) is 25.1 Å². The highest BCUT2D eigenvalue weighted by atomic mass is 16.5. The number of hydrogen-bond acceptors (Lipinski definition) is 3. The van der Waals surface area contributed by atoms with Crippen molar-refractivity contribution in [1.29, 1.82) is 5.26 Å². The summed E-state index contributed by atoms with van der Waals surface area (Å²) in [5, 5.41) is 12.3. The molecule has 0 amide bonds. The summed E-state index contributed by atoms with van der Waals surface area (Å²) in [6.07, 6.45) is 0. The fourth-order valence-corrected chi connectivity index (χ4v) is 1.67. The van der Waals surface area contributed by atoms with Crippen LogP contribution < -0.4 is 5.32 Å². The van der Waals surface area contributed by atoms with E-state index in [-0.39, 0.29) is 6.04 Å². The van der Waals surface area contributed by atoms with Crippen molar-refractivity contribution in [2.75, 3.05) is 19.0 Å². The van der Waals surface area contributed by atoms with Crippen molar-refractivity contribution < 1.29 is 4.74 Å². The number of hydrogen-bond donors (Lipinski definition) is 1. The Morgan fingerprint density at radius 3 is 2.59 bits per heavy atom. The van der Waals surface area contributed by atoms with Crippen LogP contribution in [0, 0.1) is 24.2 Å². The van der Waals surface area contributed by atoms with E-state index in [9.17, 15) is 0 Å². The molecule has 0 radical (unpaired) electrons.